The van der Waals surface area contributed by atoms with E-state index >= 15 is 0 Å². The molecule has 140 valence electrons. The van der Waals surface area contributed by atoms with Gasteiger partial charge in [-0.1, -0.05) is 18.7 Å². The molecule has 1 unspecified atom stereocenters. The molecule has 1 amide bonds. The van der Waals surface area contributed by atoms with E-state index in [9.17, 15) is 28.7 Å². The predicted molar refractivity (Wildman–Crippen MR) is 97.5 cm³/mol. The molecule has 9 heteroatoms. The molecular formula is C17H18FNO5S2. The smallest absolute Gasteiger partial charge is 0.327 e. The first-order valence-corrected chi connectivity index (χ1v) is 9.83. The normalized spacial score (nSPS) is 19.0. The Morgan fingerprint density at radius 2 is 1.88 bits per heavy atom. The molecule has 1 fully saturated rings. The Bertz CT molecular complexity index is 724. The lowest BCUT2D eigenvalue weighted by molar-refractivity contribution is -0.149. The summed E-state index contributed by atoms with van der Waals surface area (Å²) in [6.45, 7) is 2.80. The van der Waals surface area contributed by atoms with Crippen LogP contribution in [0.15, 0.2) is 24.3 Å². The van der Waals surface area contributed by atoms with Gasteiger partial charge in [-0.3, -0.25) is 14.4 Å². The van der Waals surface area contributed by atoms with Crippen molar-refractivity contribution in [1.29, 1.82) is 0 Å². The van der Waals surface area contributed by atoms with Crippen LogP contribution >= 0.6 is 23.5 Å². The minimum Gasteiger partial charge on any atom is -0.480 e. The number of thioether (sulfide) groups is 2. The molecule has 1 aromatic rings. The maximum Gasteiger partial charge on any atom is 0.327 e. The van der Waals surface area contributed by atoms with Gasteiger partial charge in [-0.05, 0) is 24.3 Å². The molecule has 1 N–H and O–H groups in total. The standard InChI is InChI=1S/C17H18FNO5S2/c1-9(16(22)19-8-25-7-13(19)17(23)24)15(26-10(2)20)14(21)11-3-5-12(18)6-4-11/h3-6,9,13,15H,7-8H2,1-2H3,(H,23,24)/t9-,13+,15?/m1/s1. The number of carbonyl (C=O) groups is 4. The maximum atomic E-state index is 13.1. The summed E-state index contributed by atoms with van der Waals surface area (Å²) < 4.78 is 13.1. The second-order valence-corrected chi connectivity index (χ2v) is 8.17. The van der Waals surface area contributed by atoms with Crippen LogP contribution in [0.25, 0.3) is 0 Å². The van der Waals surface area contributed by atoms with Gasteiger partial charge in [0.25, 0.3) is 0 Å². The number of ketones is 1. The Morgan fingerprint density at radius 3 is 2.42 bits per heavy atom. The highest BCUT2D eigenvalue weighted by Crippen LogP contribution is 2.30. The minimum atomic E-state index is -1.10. The van der Waals surface area contributed by atoms with Crippen molar-refractivity contribution in [2.45, 2.75) is 25.1 Å². The monoisotopic (exact) mass is 399 g/mol. The fourth-order valence-corrected chi connectivity index (χ4v) is 4.67. The van der Waals surface area contributed by atoms with E-state index in [0.29, 0.717) is 0 Å². The number of nitrogens with zero attached hydrogens (tertiary/aromatic N) is 1. The van der Waals surface area contributed by atoms with Crippen molar-refractivity contribution in [3.8, 4) is 0 Å². The van der Waals surface area contributed by atoms with E-state index in [2.05, 4.69) is 0 Å². The molecule has 0 radical (unpaired) electrons. The number of halogens is 1. The Kier molecular flexibility index (Phi) is 6.82. The third-order valence-electron chi connectivity index (χ3n) is 3.97. The molecule has 6 nitrogen and oxygen atoms in total. The first-order chi connectivity index (χ1) is 12.2. The SMILES string of the molecule is CC(=O)SC(C(=O)c1ccc(F)cc1)[C@@H](C)C(=O)N1CSC[C@H]1C(=O)O. The van der Waals surface area contributed by atoms with Gasteiger partial charge in [0.1, 0.15) is 11.9 Å². The summed E-state index contributed by atoms with van der Waals surface area (Å²) >= 11 is 2.05. The van der Waals surface area contributed by atoms with Crippen LogP contribution in [-0.4, -0.2) is 55.7 Å². The van der Waals surface area contributed by atoms with Crippen molar-refractivity contribution in [3.63, 3.8) is 0 Å². The van der Waals surface area contributed by atoms with Gasteiger partial charge in [-0.15, -0.1) is 11.8 Å². The first-order valence-electron chi connectivity index (χ1n) is 7.80. The van der Waals surface area contributed by atoms with Crippen molar-refractivity contribution in [1.82, 2.24) is 4.90 Å². The number of rotatable bonds is 6. The molecule has 1 saturated heterocycles. The summed E-state index contributed by atoms with van der Waals surface area (Å²) in [5.74, 6) is -2.95. The van der Waals surface area contributed by atoms with Crippen molar-refractivity contribution < 1.29 is 28.7 Å². The fourth-order valence-electron chi connectivity index (χ4n) is 2.60. The molecular weight excluding hydrogens is 381 g/mol. The van der Waals surface area contributed by atoms with Gasteiger partial charge in [0.15, 0.2) is 10.9 Å². The molecule has 0 bridgehead atoms. The quantitative estimate of drug-likeness (QED) is 0.734. The Balaban J connectivity index is 2.26. The van der Waals surface area contributed by atoms with E-state index < -0.39 is 40.7 Å². The second-order valence-electron chi connectivity index (χ2n) is 5.85. The van der Waals surface area contributed by atoms with Gasteiger partial charge in [0.05, 0.1) is 17.0 Å². The maximum absolute atomic E-state index is 13.1. The zero-order valence-electron chi connectivity index (χ0n) is 14.2. The summed E-state index contributed by atoms with van der Waals surface area (Å²) in [5, 5.41) is 7.90. The van der Waals surface area contributed by atoms with Gasteiger partial charge < -0.3 is 10.0 Å². The second kappa shape index (κ2) is 8.68. The predicted octanol–water partition coefficient (Wildman–Crippen LogP) is 2.28. The minimum absolute atomic E-state index is 0.190. The van der Waals surface area contributed by atoms with Crippen molar-refractivity contribution in [2.75, 3.05) is 11.6 Å². The number of aliphatic carboxylic acids is 1. The third-order valence-corrected chi connectivity index (χ3v) is 6.19. The van der Waals surface area contributed by atoms with Gasteiger partial charge in [0.2, 0.25) is 5.91 Å². The highest BCUT2D eigenvalue weighted by Gasteiger charge is 2.41. The lowest BCUT2D eigenvalue weighted by Gasteiger charge is -2.27. The van der Waals surface area contributed by atoms with Crippen LogP contribution in [0.2, 0.25) is 0 Å². The highest BCUT2D eigenvalue weighted by molar-refractivity contribution is 8.14. The summed E-state index contributed by atoms with van der Waals surface area (Å²) in [6, 6.07) is 3.92. The van der Waals surface area contributed by atoms with Crippen LogP contribution in [0, 0.1) is 11.7 Å². The lowest BCUT2D eigenvalue weighted by atomic mass is 9.97. The Morgan fingerprint density at radius 1 is 1.27 bits per heavy atom. The van der Waals surface area contributed by atoms with E-state index in [-0.39, 0.29) is 22.3 Å². The van der Waals surface area contributed by atoms with Crippen molar-refractivity contribution >= 4 is 46.3 Å². The van der Waals surface area contributed by atoms with E-state index in [0.717, 1.165) is 23.9 Å². The highest BCUT2D eigenvalue weighted by atomic mass is 32.2. The molecule has 0 saturated carbocycles. The molecule has 0 aromatic heterocycles. The van der Waals surface area contributed by atoms with E-state index in [1.807, 2.05) is 0 Å². The molecule has 1 aliphatic heterocycles. The average molecular weight is 399 g/mol. The average Bonchev–Trinajstić information content (AvgIpc) is 3.08. The number of Topliss-reactive ketones (excluding diaryl/α,β-unsaturated/α-hetero) is 1. The number of hydrogen-bond donors (Lipinski definition) is 1. The number of amides is 1. The van der Waals surface area contributed by atoms with Gasteiger partial charge in [-0.25, -0.2) is 9.18 Å². The van der Waals surface area contributed by atoms with E-state index in [4.69, 9.17) is 0 Å². The summed E-state index contributed by atoms with van der Waals surface area (Å²) in [6.07, 6.45) is 0. The summed E-state index contributed by atoms with van der Waals surface area (Å²) in [5.41, 5.74) is 0.190. The van der Waals surface area contributed by atoms with Gasteiger partial charge >= 0.3 is 5.97 Å². The number of benzene rings is 1. The summed E-state index contributed by atoms with van der Waals surface area (Å²) in [7, 11) is 0. The van der Waals surface area contributed by atoms with Gasteiger partial charge in [-0.2, -0.15) is 0 Å². The van der Waals surface area contributed by atoms with Crippen molar-refractivity contribution in [3.05, 3.63) is 35.6 Å². The largest absolute Gasteiger partial charge is 0.480 e. The van der Waals surface area contributed by atoms with Crippen LogP contribution in [0.5, 0.6) is 0 Å². The van der Waals surface area contributed by atoms with Gasteiger partial charge in [0, 0.05) is 18.2 Å². The van der Waals surface area contributed by atoms with Crippen LogP contribution < -0.4 is 0 Å². The molecule has 1 heterocycles. The molecule has 26 heavy (non-hydrogen) atoms. The number of carbonyl (C=O) groups excluding carboxylic acids is 3. The molecule has 2 rings (SSSR count). The fraction of sp³-hybridized carbons (Fsp3) is 0.412. The zero-order chi connectivity index (χ0) is 19.4. The van der Waals surface area contributed by atoms with E-state index in [1.165, 1.54) is 42.6 Å². The lowest BCUT2D eigenvalue weighted by Crippen LogP contribution is -2.47. The van der Waals surface area contributed by atoms with Crippen LogP contribution in [0.4, 0.5) is 4.39 Å². The molecule has 0 spiro atoms. The van der Waals surface area contributed by atoms with Crippen molar-refractivity contribution in [2.24, 2.45) is 5.92 Å². The summed E-state index contributed by atoms with van der Waals surface area (Å²) in [4.78, 5) is 49.7. The first kappa shape index (κ1) is 20.4. The number of carboxylic acids is 1. The number of hydrogen-bond acceptors (Lipinski definition) is 6. The van der Waals surface area contributed by atoms with Crippen LogP contribution in [-0.2, 0) is 14.4 Å². The topological polar surface area (TPSA) is 91.8 Å². The molecule has 0 aliphatic carbocycles. The van der Waals surface area contributed by atoms with E-state index in [1.54, 1.807) is 0 Å². The third kappa shape index (κ3) is 4.64. The molecule has 1 aromatic carbocycles. The Labute approximate surface area is 158 Å². The number of carboxylic acid groups (broad SMARTS) is 1. The molecule has 3 atom stereocenters. The van der Waals surface area contributed by atoms with Crippen LogP contribution in [0.1, 0.15) is 24.2 Å². The molecule has 1 aliphatic rings. The Hall–Kier alpha value is -1.87. The van der Waals surface area contributed by atoms with Crippen LogP contribution in [0.3, 0.4) is 0 Å². The zero-order valence-corrected chi connectivity index (χ0v) is 15.8.